The molecule has 0 aromatic rings. The van der Waals surface area contributed by atoms with Crippen molar-refractivity contribution in [2.75, 3.05) is 0 Å². The maximum Gasteiger partial charge on any atom is 0.313 e. The molecule has 0 aromatic heterocycles. The number of aliphatic hydroxyl groups is 1. The predicted molar refractivity (Wildman–Crippen MR) is 66.4 cm³/mol. The highest BCUT2D eigenvalue weighted by Gasteiger charge is 2.33. The number of ketones is 1. The van der Waals surface area contributed by atoms with E-state index in [1.54, 1.807) is 20.8 Å². The molecule has 0 aliphatic rings. The molecule has 0 aromatic carbocycles. The largest absolute Gasteiger partial charge is 0.460 e. The molecule has 0 aliphatic carbocycles. The van der Waals surface area contributed by atoms with Crippen molar-refractivity contribution in [1.29, 1.82) is 0 Å². The molecule has 0 heterocycles. The molecule has 0 radical (unpaired) electrons. The van der Waals surface area contributed by atoms with E-state index in [2.05, 4.69) is 0 Å². The van der Waals surface area contributed by atoms with Crippen molar-refractivity contribution in [1.82, 2.24) is 0 Å². The SMILES string of the molecule is CC(C)(C)OC(=O)CC(=O)C[C@H](O)C(Cl)(Cl)Cl. The summed E-state index contributed by atoms with van der Waals surface area (Å²) in [6, 6.07) is 0. The fraction of sp³-hybridized carbons (Fsp3) is 0.800. The predicted octanol–water partition coefficient (Wildman–Crippen LogP) is 2.41. The van der Waals surface area contributed by atoms with Gasteiger partial charge in [-0.05, 0) is 20.8 Å². The van der Waals surface area contributed by atoms with Crippen molar-refractivity contribution >= 4 is 46.6 Å². The van der Waals surface area contributed by atoms with Gasteiger partial charge in [0.25, 0.3) is 0 Å². The Morgan fingerprint density at radius 2 is 1.71 bits per heavy atom. The summed E-state index contributed by atoms with van der Waals surface area (Å²) in [5.41, 5.74) is -0.662. The van der Waals surface area contributed by atoms with Crippen molar-refractivity contribution in [2.24, 2.45) is 0 Å². The normalized spacial score (nSPS) is 14.3. The second-order valence-electron chi connectivity index (χ2n) is 4.56. The maximum absolute atomic E-state index is 11.4. The van der Waals surface area contributed by atoms with Gasteiger partial charge >= 0.3 is 5.97 Å². The van der Waals surface area contributed by atoms with Gasteiger partial charge in [0.15, 0.2) is 0 Å². The molecule has 17 heavy (non-hydrogen) atoms. The topological polar surface area (TPSA) is 63.6 Å². The Hall–Kier alpha value is -0.0300. The zero-order valence-electron chi connectivity index (χ0n) is 9.80. The molecular formula is C10H15Cl3O4. The maximum atomic E-state index is 11.4. The average Bonchev–Trinajstić information content (AvgIpc) is 1.96. The first kappa shape index (κ1) is 17.0. The molecule has 1 atom stereocenters. The molecule has 0 amide bonds. The van der Waals surface area contributed by atoms with Crippen molar-refractivity contribution in [3.63, 3.8) is 0 Å². The van der Waals surface area contributed by atoms with Gasteiger partial charge in [-0.25, -0.2) is 0 Å². The van der Waals surface area contributed by atoms with E-state index in [-0.39, 0.29) is 0 Å². The molecule has 0 rings (SSSR count). The number of rotatable bonds is 4. The summed E-state index contributed by atoms with van der Waals surface area (Å²) < 4.78 is 2.99. The zero-order valence-corrected chi connectivity index (χ0v) is 12.1. The minimum Gasteiger partial charge on any atom is -0.460 e. The summed E-state index contributed by atoms with van der Waals surface area (Å²) in [6.45, 7) is 5.06. The van der Waals surface area contributed by atoms with Gasteiger partial charge in [0.05, 0.1) is 0 Å². The molecule has 0 unspecified atom stereocenters. The molecule has 4 nitrogen and oxygen atoms in total. The van der Waals surface area contributed by atoms with E-state index in [0.717, 1.165) is 0 Å². The molecule has 1 N–H and O–H groups in total. The van der Waals surface area contributed by atoms with Crippen molar-refractivity contribution < 1.29 is 19.4 Å². The number of alkyl halides is 3. The molecule has 0 aliphatic heterocycles. The molecule has 0 saturated heterocycles. The summed E-state index contributed by atoms with van der Waals surface area (Å²) >= 11 is 16.1. The number of carbonyl (C=O) groups is 2. The first-order chi connectivity index (χ1) is 7.42. The Balaban J connectivity index is 4.16. The molecule has 0 saturated carbocycles. The summed E-state index contributed by atoms with van der Waals surface area (Å²) in [4.78, 5) is 22.6. The third-order valence-electron chi connectivity index (χ3n) is 1.56. The van der Waals surface area contributed by atoms with Crippen LogP contribution in [0.2, 0.25) is 0 Å². The van der Waals surface area contributed by atoms with Crippen LogP contribution >= 0.6 is 34.8 Å². The van der Waals surface area contributed by atoms with E-state index in [4.69, 9.17) is 39.5 Å². The van der Waals surface area contributed by atoms with Crippen molar-refractivity contribution in [2.45, 2.75) is 49.1 Å². The number of Topliss-reactive ketones (excluding diaryl/α,β-unsaturated/α-hetero) is 1. The first-order valence-corrected chi connectivity index (χ1v) is 6.03. The van der Waals surface area contributed by atoms with Crippen LogP contribution < -0.4 is 0 Å². The molecule has 0 spiro atoms. The van der Waals surface area contributed by atoms with Crippen LogP contribution in [0.15, 0.2) is 0 Å². The van der Waals surface area contributed by atoms with Gasteiger partial charge in [-0.15, -0.1) is 0 Å². The number of esters is 1. The van der Waals surface area contributed by atoms with Gasteiger partial charge in [-0.2, -0.15) is 0 Å². The number of halogens is 3. The van der Waals surface area contributed by atoms with Gasteiger partial charge in [0.1, 0.15) is 23.9 Å². The smallest absolute Gasteiger partial charge is 0.313 e. The Bertz CT molecular complexity index is 291. The summed E-state index contributed by atoms with van der Waals surface area (Å²) in [5, 5.41) is 9.33. The minimum absolute atomic E-state index is 0.407. The fourth-order valence-corrected chi connectivity index (χ4v) is 1.17. The Labute approximate surface area is 115 Å². The number of aliphatic hydroxyl groups excluding tert-OH is 1. The van der Waals surface area contributed by atoms with Crippen LogP contribution in [-0.4, -0.2) is 32.4 Å². The third-order valence-corrected chi connectivity index (χ3v) is 2.32. The number of hydrogen-bond acceptors (Lipinski definition) is 4. The lowest BCUT2D eigenvalue weighted by Crippen LogP contribution is -2.30. The van der Waals surface area contributed by atoms with E-state index in [1.165, 1.54) is 0 Å². The van der Waals surface area contributed by atoms with Crippen LogP contribution in [0.3, 0.4) is 0 Å². The van der Waals surface area contributed by atoms with E-state index in [1.807, 2.05) is 0 Å². The number of ether oxygens (including phenoxy) is 1. The van der Waals surface area contributed by atoms with Crippen LogP contribution in [0.1, 0.15) is 33.6 Å². The quantitative estimate of drug-likeness (QED) is 0.492. The highest BCUT2D eigenvalue weighted by molar-refractivity contribution is 6.68. The lowest BCUT2D eigenvalue weighted by atomic mass is 10.1. The monoisotopic (exact) mass is 304 g/mol. The fourth-order valence-electron chi connectivity index (χ4n) is 0.942. The van der Waals surface area contributed by atoms with Crippen molar-refractivity contribution in [3.05, 3.63) is 0 Å². The highest BCUT2D eigenvalue weighted by atomic mass is 35.6. The first-order valence-electron chi connectivity index (χ1n) is 4.90. The number of carbonyl (C=O) groups excluding carboxylic acids is 2. The van der Waals surface area contributed by atoms with Crippen LogP contribution in [0.5, 0.6) is 0 Å². The van der Waals surface area contributed by atoms with E-state index < -0.39 is 40.1 Å². The summed E-state index contributed by atoms with van der Waals surface area (Å²) in [6.07, 6.45) is -2.30. The van der Waals surface area contributed by atoms with Crippen LogP contribution in [0, 0.1) is 0 Å². The molecule has 100 valence electrons. The van der Waals surface area contributed by atoms with Gasteiger partial charge < -0.3 is 9.84 Å². The van der Waals surface area contributed by atoms with Gasteiger partial charge in [-0.1, -0.05) is 34.8 Å². The van der Waals surface area contributed by atoms with E-state index in [0.29, 0.717) is 0 Å². The Morgan fingerprint density at radius 3 is 2.06 bits per heavy atom. The van der Waals surface area contributed by atoms with Crippen LogP contribution in [0.25, 0.3) is 0 Å². The lowest BCUT2D eigenvalue weighted by molar-refractivity contribution is -0.156. The van der Waals surface area contributed by atoms with E-state index in [9.17, 15) is 14.7 Å². The molecule has 0 fully saturated rings. The summed E-state index contributed by atoms with van der Waals surface area (Å²) in [5.74, 6) is -1.21. The van der Waals surface area contributed by atoms with Crippen LogP contribution in [0.4, 0.5) is 0 Å². The lowest BCUT2D eigenvalue weighted by Gasteiger charge is -2.20. The van der Waals surface area contributed by atoms with Gasteiger partial charge in [0, 0.05) is 6.42 Å². The highest BCUT2D eigenvalue weighted by Crippen LogP contribution is 2.32. The number of hydrogen-bond donors (Lipinski definition) is 1. The van der Waals surface area contributed by atoms with Gasteiger partial charge in [0.2, 0.25) is 3.79 Å². The average molecular weight is 306 g/mol. The Kier molecular flexibility index (Phi) is 6.22. The standard InChI is InChI=1S/C10H15Cl3O4/c1-9(2,3)17-8(16)5-6(14)4-7(15)10(11,12)13/h7,15H,4-5H2,1-3H3/t7-/m0/s1. The van der Waals surface area contributed by atoms with Crippen LogP contribution in [-0.2, 0) is 14.3 Å². The molecule has 0 bridgehead atoms. The zero-order chi connectivity index (χ0) is 13.9. The molecule has 7 heteroatoms. The van der Waals surface area contributed by atoms with E-state index >= 15 is 0 Å². The summed E-state index contributed by atoms with van der Waals surface area (Å²) in [7, 11) is 0. The third kappa shape index (κ3) is 8.66. The Morgan fingerprint density at radius 1 is 1.24 bits per heavy atom. The second-order valence-corrected chi connectivity index (χ2v) is 6.93. The van der Waals surface area contributed by atoms with Gasteiger partial charge in [-0.3, -0.25) is 9.59 Å². The van der Waals surface area contributed by atoms with Crippen molar-refractivity contribution in [3.8, 4) is 0 Å². The molecular weight excluding hydrogens is 290 g/mol. The minimum atomic E-state index is -1.94. The second kappa shape index (κ2) is 6.23.